The molecule has 1 aliphatic heterocycles. The van der Waals surface area contributed by atoms with Crippen LogP contribution in [0.1, 0.15) is 11.4 Å². The molecule has 0 amide bonds. The summed E-state index contributed by atoms with van der Waals surface area (Å²) in [5.41, 5.74) is 5.72. The molecule has 4 aromatic rings. The topological polar surface area (TPSA) is 30.2 Å². The van der Waals surface area contributed by atoms with E-state index in [1.54, 1.807) is 0 Å². The Bertz CT molecular complexity index is 1140. The van der Waals surface area contributed by atoms with Crippen LogP contribution in [0, 0.1) is 6.92 Å². The monoisotopic (exact) mass is 343 g/mol. The lowest BCUT2D eigenvalue weighted by molar-refractivity contribution is 0.919. The number of fused-ring (bicyclic) bond motifs is 4. The van der Waals surface area contributed by atoms with Crippen molar-refractivity contribution in [2.75, 3.05) is 5.75 Å². The summed E-state index contributed by atoms with van der Waals surface area (Å²) in [7, 11) is 0. The third-order valence-electron chi connectivity index (χ3n) is 4.70. The van der Waals surface area contributed by atoms with Gasteiger partial charge in [-0.3, -0.25) is 4.98 Å². The Balaban J connectivity index is 1.72. The molecule has 2 aromatic carbocycles. The Morgan fingerprint density at radius 1 is 1.04 bits per heavy atom. The molecular formula is C21H17N3S. The molecule has 1 aliphatic rings. The largest absolute Gasteiger partial charge is 0.330 e. The van der Waals surface area contributed by atoms with Crippen molar-refractivity contribution in [3.63, 3.8) is 0 Å². The first-order chi connectivity index (χ1) is 12.3. The summed E-state index contributed by atoms with van der Waals surface area (Å²) in [5, 5.41) is 3.59. The van der Waals surface area contributed by atoms with E-state index in [1.165, 1.54) is 22.0 Å². The zero-order chi connectivity index (χ0) is 16.8. The third kappa shape index (κ3) is 2.45. The smallest absolute Gasteiger partial charge is 0.0747 e. The van der Waals surface area contributed by atoms with Crippen LogP contribution in [0.25, 0.3) is 21.7 Å². The molecule has 0 fully saturated rings. The van der Waals surface area contributed by atoms with Gasteiger partial charge in [-0.25, -0.2) is 4.99 Å². The van der Waals surface area contributed by atoms with Gasteiger partial charge in [0.05, 0.1) is 23.0 Å². The predicted octanol–water partition coefficient (Wildman–Crippen LogP) is 5.32. The molecule has 0 bridgehead atoms. The number of hydrogen-bond donors (Lipinski definition) is 0. The number of para-hydroxylation sites is 1. The highest BCUT2D eigenvalue weighted by Gasteiger charge is 2.19. The Labute approximate surface area is 150 Å². The van der Waals surface area contributed by atoms with Crippen LogP contribution < -0.4 is 0 Å². The van der Waals surface area contributed by atoms with Crippen molar-refractivity contribution in [2.24, 2.45) is 4.99 Å². The highest BCUT2D eigenvalue weighted by molar-refractivity contribution is 7.99. The van der Waals surface area contributed by atoms with Crippen molar-refractivity contribution in [1.29, 1.82) is 0 Å². The van der Waals surface area contributed by atoms with Gasteiger partial charge >= 0.3 is 0 Å². The number of nitrogens with zero attached hydrogens (tertiary/aromatic N) is 3. The molecular weight excluding hydrogens is 326 g/mol. The number of benzene rings is 2. The van der Waals surface area contributed by atoms with Gasteiger partial charge in [0.2, 0.25) is 0 Å². The Hall–Kier alpha value is -2.59. The van der Waals surface area contributed by atoms with Crippen molar-refractivity contribution in [3.8, 4) is 0 Å². The minimum Gasteiger partial charge on any atom is -0.330 e. The fourth-order valence-electron chi connectivity index (χ4n) is 3.49. The SMILES string of the molecule is Cc1cc2c(N=C3CSCn4c3cc3ccccc34)cccc2cn1. The number of aliphatic imine (C=N–C) groups is 1. The van der Waals surface area contributed by atoms with E-state index in [4.69, 9.17) is 4.99 Å². The van der Waals surface area contributed by atoms with Crippen LogP contribution in [0.5, 0.6) is 0 Å². The van der Waals surface area contributed by atoms with Crippen molar-refractivity contribution in [3.05, 3.63) is 72.2 Å². The fourth-order valence-corrected chi connectivity index (χ4v) is 4.44. The summed E-state index contributed by atoms with van der Waals surface area (Å²) in [5.74, 6) is 1.93. The molecule has 3 nitrogen and oxygen atoms in total. The molecule has 0 saturated heterocycles. The molecule has 3 heterocycles. The van der Waals surface area contributed by atoms with E-state index in [-0.39, 0.29) is 0 Å². The molecule has 0 N–H and O–H groups in total. The summed E-state index contributed by atoms with van der Waals surface area (Å²) in [6.07, 6.45) is 1.93. The lowest BCUT2D eigenvalue weighted by Gasteiger charge is -2.18. The first-order valence-electron chi connectivity index (χ1n) is 8.39. The van der Waals surface area contributed by atoms with Gasteiger partial charge in [-0.1, -0.05) is 30.3 Å². The van der Waals surface area contributed by atoms with Gasteiger partial charge in [-0.05, 0) is 31.2 Å². The van der Waals surface area contributed by atoms with Crippen molar-refractivity contribution >= 4 is 44.8 Å². The van der Waals surface area contributed by atoms with E-state index < -0.39 is 0 Å². The third-order valence-corrected chi connectivity index (χ3v) is 5.62. The average Bonchev–Trinajstić information content (AvgIpc) is 3.02. The van der Waals surface area contributed by atoms with E-state index >= 15 is 0 Å². The number of hydrogen-bond acceptors (Lipinski definition) is 3. The van der Waals surface area contributed by atoms with E-state index in [2.05, 4.69) is 64.1 Å². The van der Waals surface area contributed by atoms with Gasteiger partial charge in [-0.2, -0.15) is 0 Å². The molecule has 5 rings (SSSR count). The number of rotatable bonds is 1. The zero-order valence-electron chi connectivity index (χ0n) is 13.9. The average molecular weight is 343 g/mol. The maximum absolute atomic E-state index is 5.07. The van der Waals surface area contributed by atoms with Crippen LogP contribution in [0.3, 0.4) is 0 Å². The minimum atomic E-state index is 0.941. The Morgan fingerprint density at radius 3 is 2.88 bits per heavy atom. The van der Waals surface area contributed by atoms with Gasteiger partial charge < -0.3 is 4.57 Å². The summed E-state index contributed by atoms with van der Waals surface area (Å²) in [6.45, 7) is 2.03. The van der Waals surface area contributed by atoms with E-state index in [0.29, 0.717) is 0 Å². The molecule has 0 spiro atoms. The Kier molecular flexibility index (Phi) is 3.38. The number of aromatic nitrogens is 2. The zero-order valence-corrected chi connectivity index (χ0v) is 14.8. The van der Waals surface area contributed by atoms with Crippen molar-refractivity contribution < 1.29 is 0 Å². The van der Waals surface area contributed by atoms with Crippen LogP contribution in [0.2, 0.25) is 0 Å². The lowest BCUT2D eigenvalue weighted by atomic mass is 10.1. The van der Waals surface area contributed by atoms with E-state index in [1.807, 2.05) is 24.9 Å². The predicted molar refractivity (Wildman–Crippen MR) is 107 cm³/mol. The summed E-state index contributed by atoms with van der Waals surface area (Å²) < 4.78 is 2.38. The molecule has 25 heavy (non-hydrogen) atoms. The van der Waals surface area contributed by atoms with Gasteiger partial charge in [-0.15, -0.1) is 11.8 Å². The van der Waals surface area contributed by atoms with Crippen LogP contribution in [-0.4, -0.2) is 21.0 Å². The van der Waals surface area contributed by atoms with Gasteiger partial charge in [0, 0.05) is 39.3 Å². The maximum atomic E-state index is 5.07. The molecule has 0 atom stereocenters. The minimum absolute atomic E-state index is 0.941. The Morgan fingerprint density at radius 2 is 1.92 bits per heavy atom. The van der Waals surface area contributed by atoms with Crippen LogP contribution in [0.15, 0.2) is 65.8 Å². The van der Waals surface area contributed by atoms with E-state index in [9.17, 15) is 0 Å². The normalized spacial score (nSPS) is 15.8. The lowest BCUT2D eigenvalue weighted by Crippen LogP contribution is -2.17. The molecule has 0 unspecified atom stereocenters. The quantitative estimate of drug-likeness (QED) is 0.468. The molecule has 4 heteroatoms. The standard InChI is InChI=1S/C21H17N3S/c1-14-9-17-16(11-22-14)6-4-7-18(17)23-19-12-25-13-24-20-8-3-2-5-15(20)10-21(19)24/h2-11H,12-13H2,1H3. The molecule has 0 aliphatic carbocycles. The van der Waals surface area contributed by atoms with Crippen LogP contribution in [0.4, 0.5) is 5.69 Å². The highest BCUT2D eigenvalue weighted by atomic mass is 32.2. The van der Waals surface area contributed by atoms with Gasteiger partial charge in [0.25, 0.3) is 0 Å². The first-order valence-corrected chi connectivity index (χ1v) is 9.54. The van der Waals surface area contributed by atoms with Crippen LogP contribution >= 0.6 is 11.8 Å². The second-order valence-corrected chi connectivity index (χ2v) is 7.33. The number of pyridine rings is 1. The van der Waals surface area contributed by atoms with Gasteiger partial charge in [0.15, 0.2) is 0 Å². The summed E-state index contributed by atoms with van der Waals surface area (Å²) in [6, 6.07) is 19.2. The molecule has 2 aromatic heterocycles. The van der Waals surface area contributed by atoms with E-state index in [0.717, 1.165) is 34.1 Å². The molecule has 0 saturated carbocycles. The fraction of sp³-hybridized carbons (Fsp3) is 0.143. The van der Waals surface area contributed by atoms with Crippen LogP contribution in [-0.2, 0) is 5.88 Å². The second-order valence-electron chi connectivity index (χ2n) is 6.38. The highest BCUT2D eigenvalue weighted by Crippen LogP contribution is 2.31. The summed E-state index contributed by atoms with van der Waals surface area (Å²) >= 11 is 1.91. The number of thioether (sulfide) groups is 1. The second kappa shape index (κ2) is 5.74. The first kappa shape index (κ1) is 14.7. The van der Waals surface area contributed by atoms with Gasteiger partial charge in [0.1, 0.15) is 0 Å². The number of aryl methyl sites for hydroxylation is 1. The maximum Gasteiger partial charge on any atom is 0.0747 e. The van der Waals surface area contributed by atoms with Crippen molar-refractivity contribution in [2.45, 2.75) is 12.8 Å². The summed E-state index contributed by atoms with van der Waals surface area (Å²) in [4.78, 5) is 9.47. The van der Waals surface area contributed by atoms with Crippen molar-refractivity contribution in [1.82, 2.24) is 9.55 Å². The molecule has 0 radical (unpaired) electrons. The molecule has 122 valence electrons.